The summed E-state index contributed by atoms with van der Waals surface area (Å²) < 4.78 is 0. The lowest BCUT2D eigenvalue weighted by atomic mass is 10.2. The van der Waals surface area contributed by atoms with Crippen LogP contribution in [-0.2, 0) is 4.79 Å². The van der Waals surface area contributed by atoms with E-state index in [1.807, 2.05) is 0 Å². The Hall–Kier alpha value is -1.04. The van der Waals surface area contributed by atoms with Gasteiger partial charge in [-0.05, 0) is 12.1 Å². The molecule has 0 saturated carbocycles. The highest BCUT2D eigenvalue weighted by molar-refractivity contribution is 8.15. The number of thioether (sulfide) groups is 1. The Morgan fingerprint density at radius 3 is 2.88 bits per heavy atom. The molecule has 2 rings (SSSR count). The number of halogens is 2. The first kappa shape index (κ1) is 12.4. The Kier molecular flexibility index (Phi) is 4.04. The number of amidine groups is 1. The highest BCUT2D eigenvalue weighted by Gasteiger charge is 2.15. The number of rotatable bonds is 2. The Balaban J connectivity index is 2.08. The molecule has 1 N–H and O–H groups in total. The fourth-order valence-electron chi connectivity index (χ4n) is 1.13. The van der Waals surface area contributed by atoms with E-state index in [0.29, 0.717) is 21.0 Å². The van der Waals surface area contributed by atoms with Crippen molar-refractivity contribution < 1.29 is 4.79 Å². The smallest absolute Gasteiger partial charge is 0.236 e. The monoisotopic (exact) mass is 287 g/mol. The van der Waals surface area contributed by atoms with Crippen LogP contribution < -0.4 is 5.32 Å². The quantitative estimate of drug-likeness (QED) is 0.671. The van der Waals surface area contributed by atoms with Crippen LogP contribution in [0.25, 0.3) is 0 Å². The minimum Gasteiger partial charge on any atom is -0.303 e. The van der Waals surface area contributed by atoms with Crippen LogP contribution in [0.5, 0.6) is 0 Å². The van der Waals surface area contributed by atoms with E-state index < -0.39 is 0 Å². The molecule has 1 aromatic carbocycles. The molecular weight excluding hydrogens is 281 g/mol. The van der Waals surface area contributed by atoms with Crippen LogP contribution in [0.3, 0.4) is 0 Å². The van der Waals surface area contributed by atoms with Gasteiger partial charge in [0, 0.05) is 10.6 Å². The van der Waals surface area contributed by atoms with Crippen LogP contribution in [0.2, 0.25) is 10.0 Å². The van der Waals surface area contributed by atoms with Gasteiger partial charge in [0.2, 0.25) is 5.91 Å². The van der Waals surface area contributed by atoms with Crippen molar-refractivity contribution in [3.8, 4) is 0 Å². The maximum absolute atomic E-state index is 10.9. The minimum absolute atomic E-state index is 0.0616. The summed E-state index contributed by atoms with van der Waals surface area (Å²) in [5, 5.41) is 11.8. The zero-order chi connectivity index (χ0) is 12.3. The van der Waals surface area contributed by atoms with Gasteiger partial charge >= 0.3 is 0 Å². The van der Waals surface area contributed by atoms with E-state index in [2.05, 4.69) is 15.5 Å². The second-order valence-electron chi connectivity index (χ2n) is 3.15. The first-order chi connectivity index (χ1) is 8.15. The van der Waals surface area contributed by atoms with Crippen molar-refractivity contribution in [3.05, 3.63) is 33.8 Å². The third kappa shape index (κ3) is 3.46. The molecule has 0 aromatic heterocycles. The molecule has 0 radical (unpaired) electrons. The number of hydrogen-bond acceptors (Lipinski definition) is 4. The Morgan fingerprint density at radius 1 is 1.41 bits per heavy atom. The van der Waals surface area contributed by atoms with Crippen molar-refractivity contribution >= 4 is 52.3 Å². The third-order valence-electron chi connectivity index (χ3n) is 1.89. The maximum atomic E-state index is 10.9. The molecule has 1 saturated heterocycles. The normalized spacial score (nSPS) is 18.0. The largest absolute Gasteiger partial charge is 0.303 e. The molecule has 0 atom stereocenters. The van der Waals surface area contributed by atoms with Gasteiger partial charge in [-0.25, -0.2) is 0 Å². The molecule has 0 bridgehead atoms. The summed E-state index contributed by atoms with van der Waals surface area (Å²) in [7, 11) is 0. The number of amides is 1. The molecule has 1 aliphatic heterocycles. The summed E-state index contributed by atoms with van der Waals surface area (Å²) in [6.45, 7) is 0. The van der Waals surface area contributed by atoms with Gasteiger partial charge < -0.3 is 5.32 Å². The fraction of sp³-hybridized carbons (Fsp3) is 0.100. The van der Waals surface area contributed by atoms with E-state index in [1.165, 1.54) is 18.0 Å². The summed E-state index contributed by atoms with van der Waals surface area (Å²) >= 11 is 13.0. The molecule has 0 unspecified atom stereocenters. The van der Waals surface area contributed by atoms with Gasteiger partial charge in [0.15, 0.2) is 5.17 Å². The van der Waals surface area contributed by atoms with Crippen molar-refractivity contribution in [2.24, 2.45) is 10.2 Å². The topological polar surface area (TPSA) is 53.8 Å². The van der Waals surface area contributed by atoms with Gasteiger partial charge in [0.05, 0.1) is 17.0 Å². The number of hydrogen-bond donors (Lipinski definition) is 1. The first-order valence-corrected chi connectivity index (χ1v) is 6.38. The van der Waals surface area contributed by atoms with Gasteiger partial charge in [-0.2, -0.15) is 5.10 Å². The summed E-state index contributed by atoms with van der Waals surface area (Å²) in [4.78, 5) is 10.9. The van der Waals surface area contributed by atoms with Crippen molar-refractivity contribution in [2.75, 3.05) is 5.75 Å². The predicted molar refractivity (Wildman–Crippen MR) is 72.1 cm³/mol. The van der Waals surface area contributed by atoms with E-state index >= 15 is 0 Å². The minimum atomic E-state index is -0.0616. The molecule has 4 nitrogen and oxygen atoms in total. The van der Waals surface area contributed by atoms with Crippen molar-refractivity contribution in [3.63, 3.8) is 0 Å². The van der Waals surface area contributed by atoms with Gasteiger partial charge in [-0.1, -0.05) is 41.0 Å². The van der Waals surface area contributed by atoms with Gasteiger partial charge in [0.1, 0.15) is 0 Å². The average molecular weight is 288 g/mol. The number of nitrogens with one attached hydrogen (secondary N) is 1. The van der Waals surface area contributed by atoms with Gasteiger partial charge in [-0.3, -0.25) is 4.79 Å². The molecule has 17 heavy (non-hydrogen) atoms. The van der Waals surface area contributed by atoms with Gasteiger partial charge in [-0.15, -0.1) is 5.10 Å². The SMILES string of the molecule is O=C1CS/C(=N\N=C/c2ccc(Cl)cc2Cl)N1. The molecule has 1 aliphatic rings. The highest BCUT2D eigenvalue weighted by atomic mass is 35.5. The molecule has 1 aromatic rings. The van der Waals surface area contributed by atoms with Crippen LogP contribution in [-0.4, -0.2) is 23.0 Å². The summed E-state index contributed by atoms with van der Waals surface area (Å²) in [6.07, 6.45) is 1.51. The Morgan fingerprint density at radius 2 is 2.24 bits per heavy atom. The van der Waals surface area contributed by atoms with E-state index in [1.54, 1.807) is 18.2 Å². The molecule has 1 heterocycles. The summed E-state index contributed by atoms with van der Waals surface area (Å²) in [5.41, 5.74) is 0.717. The number of nitrogens with zero attached hydrogens (tertiary/aromatic N) is 2. The number of carbonyl (C=O) groups excluding carboxylic acids is 1. The second kappa shape index (κ2) is 5.53. The van der Waals surface area contributed by atoms with Crippen LogP contribution in [0, 0.1) is 0 Å². The molecule has 1 fully saturated rings. The number of carbonyl (C=O) groups is 1. The maximum Gasteiger partial charge on any atom is 0.236 e. The molecule has 88 valence electrons. The summed E-state index contributed by atoms with van der Waals surface area (Å²) in [6, 6.07) is 5.09. The molecular formula is C10H7Cl2N3OS. The predicted octanol–water partition coefficient (Wildman–Crippen LogP) is 2.55. The van der Waals surface area contributed by atoms with E-state index in [0.717, 1.165) is 5.56 Å². The first-order valence-electron chi connectivity index (χ1n) is 4.64. The van der Waals surface area contributed by atoms with Crippen molar-refractivity contribution in [1.82, 2.24) is 5.32 Å². The van der Waals surface area contributed by atoms with Crippen LogP contribution >= 0.6 is 35.0 Å². The fourth-order valence-corrected chi connectivity index (χ4v) is 2.22. The van der Waals surface area contributed by atoms with Gasteiger partial charge in [0.25, 0.3) is 0 Å². The zero-order valence-corrected chi connectivity index (χ0v) is 10.8. The lowest BCUT2D eigenvalue weighted by Gasteiger charge is -1.96. The second-order valence-corrected chi connectivity index (χ2v) is 4.96. The van der Waals surface area contributed by atoms with Crippen molar-refractivity contribution in [2.45, 2.75) is 0 Å². The standard InChI is InChI=1S/C10H7Cl2N3OS/c11-7-2-1-6(8(12)3-7)4-13-15-10-14-9(16)5-17-10/h1-4H,5H2,(H,14,15,16)/b13-4-. The van der Waals surface area contributed by atoms with E-state index in [9.17, 15) is 4.79 Å². The average Bonchev–Trinajstić information content (AvgIpc) is 2.68. The highest BCUT2D eigenvalue weighted by Crippen LogP contribution is 2.19. The third-order valence-corrected chi connectivity index (χ3v) is 3.32. The van der Waals surface area contributed by atoms with E-state index in [4.69, 9.17) is 23.2 Å². The van der Waals surface area contributed by atoms with Crippen molar-refractivity contribution in [1.29, 1.82) is 0 Å². The van der Waals surface area contributed by atoms with Crippen LogP contribution in [0.4, 0.5) is 0 Å². The zero-order valence-electron chi connectivity index (χ0n) is 8.48. The summed E-state index contributed by atoms with van der Waals surface area (Å²) in [5.74, 6) is 0.323. The van der Waals surface area contributed by atoms with Crippen LogP contribution in [0.15, 0.2) is 28.4 Å². The molecule has 1 amide bonds. The van der Waals surface area contributed by atoms with E-state index in [-0.39, 0.29) is 5.91 Å². The molecule has 0 aliphatic carbocycles. The lowest BCUT2D eigenvalue weighted by molar-refractivity contribution is -0.116. The Labute approximate surface area is 112 Å². The lowest BCUT2D eigenvalue weighted by Crippen LogP contribution is -2.19. The number of benzene rings is 1. The Bertz CT molecular complexity index is 516. The molecule has 0 spiro atoms. The molecule has 7 heteroatoms. The van der Waals surface area contributed by atoms with Crippen LogP contribution in [0.1, 0.15) is 5.56 Å².